The van der Waals surface area contributed by atoms with Crippen molar-refractivity contribution in [2.24, 2.45) is 0 Å². The van der Waals surface area contributed by atoms with Crippen LogP contribution in [0.3, 0.4) is 0 Å². The lowest BCUT2D eigenvalue weighted by atomic mass is 10.1. The summed E-state index contributed by atoms with van der Waals surface area (Å²) in [6, 6.07) is 6.94. The van der Waals surface area contributed by atoms with Gasteiger partial charge in [-0.1, -0.05) is 6.07 Å². The molecule has 0 unspecified atom stereocenters. The van der Waals surface area contributed by atoms with E-state index in [2.05, 4.69) is 10.1 Å². The van der Waals surface area contributed by atoms with E-state index in [1.807, 2.05) is 11.5 Å². The Morgan fingerprint density at radius 1 is 1.33 bits per heavy atom. The fourth-order valence-corrected chi connectivity index (χ4v) is 1.33. The first-order valence-corrected chi connectivity index (χ1v) is 4.29. The molecular formula is C10H7N4O+. The third kappa shape index (κ3) is 1.74. The van der Waals surface area contributed by atoms with E-state index in [0.717, 1.165) is 10.8 Å². The highest BCUT2D eigenvalue weighted by atomic mass is 16.2. The van der Waals surface area contributed by atoms with Gasteiger partial charge < -0.3 is 0 Å². The summed E-state index contributed by atoms with van der Waals surface area (Å²) in [7, 11) is 0. The van der Waals surface area contributed by atoms with E-state index in [4.69, 9.17) is 5.39 Å². The lowest BCUT2D eigenvalue weighted by Crippen LogP contribution is -2.14. The van der Waals surface area contributed by atoms with Gasteiger partial charge in [0, 0.05) is 28.8 Å². The summed E-state index contributed by atoms with van der Waals surface area (Å²) in [6.45, 7) is 0. The molecular weight excluding hydrogens is 192 g/mol. The highest BCUT2D eigenvalue weighted by Gasteiger charge is 2.10. The zero-order valence-corrected chi connectivity index (χ0v) is 7.71. The van der Waals surface area contributed by atoms with Crippen LogP contribution in [0.2, 0.25) is 0 Å². The van der Waals surface area contributed by atoms with Crippen molar-refractivity contribution in [3.05, 3.63) is 47.3 Å². The van der Waals surface area contributed by atoms with Crippen LogP contribution in [0.1, 0.15) is 10.4 Å². The molecule has 0 saturated carbocycles. The number of rotatable bonds is 1. The van der Waals surface area contributed by atoms with Crippen molar-refractivity contribution in [2.45, 2.75) is 0 Å². The van der Waals surface area contributed by atoms with Gasteiger partial charge in [-0.3, -0.25) is 9.78 Å². The van der Waals surface area contributed by atoms with Crippen molar-refractivity contribution in [1.82, 2.24) is 10.4 Å². The first-order chi connectivity index (χ1) is 7.31. The molecule has 1 amide bonds. The van der Waals surface area contributed by atoms with Gasteiger partial charge >= 0.3 is 11.0 Å². The van der Waals surface area contributed by atoms with Crippen LogP contribution >= 0.6 is 0 Å². The molecule has 0 radical (unpaired) electrons. The molecule has 0 spiro atoms. The van der Waals surface area contributed by atoms with Gasteiger partial charge in [-0.25, -0.2) is 0 Å². The number of benzene rings is 1. The predicted molar refractivity (Wildman–Crippen MR) is 54.3 cm³/mol. The van der Waals surface area contributed by atoms with E-state index in [-0.39, 0.29) is 0 Å². The number of carbonyl (C=O) groups excluding carboxylic acids is 1. The third-order valence-corrected chi connectivity index (χ3v) is 2.05. The van der Waals surface area contributed by atoms with Crippen LogP contribution in [-0.4, -0.2) is 10.9 Å². The number of carbonyl (C=O) groups is 1. The molecule has 1 aromatic heterocycles. The largest absolute Gasteiger partial charge is 0.325 e. The minimum atomic E-state index is -0.448. The summed E-state index contributed by atoms with van der Waals surface area (Å²) >= 11 is 0. The average Bonchev–Trinajstić information content (AvgIpc) is 2.29. The highest BCUT2D eigenvalue weighted by Crippen LogP contribution is 2.14. The van der Waals surface area contributed by atoms with Crippen molar-refractivity contribution in [3.8, 4) is 0 Å². The van der Waals surface area contributed by atoms with Crippen molar-refractivity contribution >= 4 is 16.7 Å². The average molecular weight is 199 g/mol. The minimum absolute atomic E-state index is 0.437. The van der Waals surface area contributed by atoms with Gasteiger partial charge in [0.05, 0.1) is 0 Å². The molecule has 0 fully saturated rings. The van der Waals surface area contributed by atoms with Gasteiger partial charge in [0.25, 0.3) is 5.39 Å². The molecule has 0 aliphatic carbocycles. The molecule has 2 rings (SSSR count). The van der Waals surface area contributed by atoms with E-state index in [1.54, 1.807) is 30.6 Å². The molecule has 0 aliphatic heterocycles. The Morgan fingerprint density at radius 3 is 3.00 bits per heavy atom. The molecule has 1 aromatic carbocycles. The van der Waals surface area contributed by atoms with E-state index in [0.29, 0.717) is 5.56 Å². The van der Waals surface area contributed by atoms with Crippen LogP contribution in [-0.2, 0) is 0 Å². The number of aromatic nitrogens is 1. The van der Waals surface area contributed by atoms with Crippen LogP contribution in [0.5, 0.6) is 0 Å². The molecule has 2 aromatic rings. The molecule has 15 heavy (non-hydrogen) atoms. The molecule has 1 N–H and O–H groups in total. The van der Waals surface area contributed by atoms with Crippen LogP contribution < -0.4 is 5.43 Å². The standard InChI is InChI=1S/C10H6N4O/c11-14-13-10(15)8-1-2-9-6-12-4-3-7(9)5-8/h1-6H/p+1. The quantitative estimate of drug-likeness (QED) is 0.561. The van der Waals surface area contributed by atoms with Crippen molar-refractivity contribution in [2.75, 3.05) is 0 Å². The Hall–Kier alpha value is -2.48. The van der Waals surface area contributed by atoms with Gasteiger partial charge in [0.1, 0.15) is 0 Å². The van der Waals surface area contributed by atoms with Gasteiger partial charge in [0.15, 0.2) is 0 Å². The second-order valence-corrected chi connectivity index (χ2v) is 2.98. The molecule has 1 heterocycles. The number of amides is 1. The van der Waals surface area contributed by atoms with Gasteiger partial charge in [-0.15, -0.1) is 0 Å². The number of diazo groups is 1. The molecule has 72 valence electrons. The second kappa shape index (κ2) is 3.72. The summed E-state index contributed by atoms with van der Waals surface area (Å²) < 4.78 is 0. The molecule has 0 bridgehead atoms. The number of fused-ring (bicyclic) bond motifs is 1. The maximum Gasteiger partial charge on any atom is 0.325 e. The number of nitrogens with one attached hydrogen (secondary N) is 1. The van der Waals surface area contributed by atoms with Gasteiger partial charge in [0.2, 0.25) is 0 Å². The zero-order valence-electron chi connectivity index (χ0n) is 7.71. The fourth-order valence-electron chi connectivity index (χ4n) is 1.33. The Balaban J connectivity index is 2.48. The maximum atomic E-state index is 11.3. The zero-order chi connectivity index (χ0) is 10.7. The van der Waals surface area contributed by atoms with Crippen molar-refractivity contribution in [1.29, 1.82) is 5.39 Å². The Kier molecular flexibility index (Phi) is 2.25. The number of hydrogen-bond donors (Lipinski definition) is 1. The third-order valence-electron chi connectivity index (χ3n) is 2.05. The monoisotopic (exact) mass is 199 g/mol. The predicted octanol–water partition coefficient (Wildman–Crippen LogP) is 1.73. The highest BCUT2D eigenvalue weighted by molar-refractivity contribution is 5.98. The number of hydrogen-bond acceptors (Lipinski definition) is 3. The maximum absolute atomic E-state index is 11.3. The normalized spacial score (nSPS) is 9.53. The molecule has 0 saturated heterocycles. The van der Waals surface area contributed by atoms with Crippen LogP contribution in [0.4, 0.5) is 0 Å². The Morgan fingerprint density at radius 2 is 2.20 bits per heavy atom. The smallest absolute Gasteiger partial charge is 0.264 e. The van der Waals surface area contributed by atoms with E-state index < -0.39 is 5.91 Å². The first-order valence-electron chi connectivity index (χ1n) is 4.29. The summed E-state index contributed by atoms with van der Waals surface area (Å²) in [5.41, 5.74) is 2.39. The van der Waals surface area contributed by atoms with E-state index >= 15 is 0 Å². The lowest BCUT2D eigenvalue weighted by Gasteiger charge is -1.97. The van der Waals surface area contributed by atoms with E-state index in [9.17, 15) is 4.79 Å². The summed E-state index contributed by atoms with van der Waals surface area (Å²) in [5.74, 6) is -0.448. The van der Waals surface area contributed by atoms with Crippen LogP contribution in [0.15, 0.2) is 36.7 Å². The molecule has 5 nitrogen and oxygen atoms in total. The van der Waals surface area contributed by atoms with Crippen molar-refractivity contribution < 1.29 is 4.79 Å². The fraction of sp³-hybridized carbons (Fsp3) is 0. The van der Waals surface area contributed by atoms with Crippen LogP contribution in [0, 0.1) is 5.39 Å². The second-order valence-electron chi connectivity index (χ2n) is 2.98. The summed E-state index contributed by atoms with van der Waals surface area (Å²) in [4.78, 5) is 15.3. The summed E-state index contributed by atoms with van der Waals surface area (Å²) in [5, 5.41) is 12.6. The Labute approximate surface area is 85.3 Å². The molecule has 0 atom stereocenters. The van der Waals surface area contributed by atoms with Gasteiger partial charge in [-0.05, 0) is 23.6 Å². The number of pyridine rings is 1. The Bertz CT molecular complexity index is 559. The van der Waals surface area contributed by atoms with Crippen LogP contribution in [0.25, 0.3) is 15.9 Å². The minimum Gasteiger partial charge on any atom is -0.264 e. The first kappa shape index (κ1) is 9.09. The number of nitrogens with zero attached hydrogens (tertiary/aromatic N) is 3. The summed E-state index contributed by atoms with van der Waals surface area (Å²) in [6.07, 6.45) is 3.37. The van der Waals surface area contributed by atoms with Crippen molar-refractivity contribution in [3.63, 3.8) is 0 Å². The van der Waals surface area contributed by atoms with E-state index in [1.165, 1.54) is 0 Å². The topological polar surface area (TPSA) is 70.1 Å². The van der Waals surface area contributed by atoms with Gasteiger partial charge in [-0.2, -0.15) is 0 Å². The lowest BCUT2D eigenvalue weighted by molar-refractivity contribution is 0.0968. The molecule has 0 aliphatic rings. The SMILES string of the molecule is N#[N+]NC(=O)c1ccc2cnccc2c1. The molecule has 5 heteroatoms.